The van der Waals surface area contributed by atoms with E-state index in [-0.39, 0.29) is 16.0 Å². The van der Waals surface area contributed by atoms with Gasteiger partial charge in [0.15, 0.2) is 0 Å². The molecule has 0 N–H and O–H groups in total. The number of hydrogen-bond donors (Lipinski definition) is 0. The molecule has 0 fully saturated rings. The highest BCUT2D eigenvalue weighted by molar-refractivity contribution is 5.85. The Morgan fingerprint density at radius 2 is 0.854 bits per heavy atom. The highest BCUT2D eigenvalue weighted by Crippen LogP contribution is 2.63. The minimum absolute atomic E-state index is 0.131. The number of hydrogen-bond acceptors (Lipinski definition) is 1. The van der Waals surface area contributed by atoms with Crippen molar-refractivity contribution in [3.8, 4) is 0 Å². The summed E-state index contributed by atoms with van der Waals surface area (Å²) in [5, 5.41) is 0. The first kappa shape index (κ1) is 34.0. The van der Waals surface area contributed by atoms with E-state index < -0.39 is 66.9 Å². The molecule has 0 unspecified atom stereocenters. The molecule has 18 heteroatoms. The number of nitrogens with zero attached hydrogens (tertiary/aromatic N) is 1. The average Bonchev–Trinajstić information content (AvgIpc) is 2.88. The van der Waals surface area contributed by atoms with Crippen molar-refractivity contribution in [2.45, 2.75) is 61.0 Å². The molecule has 41 heavy (non-hydrogen) atoms. The Balaban J connectivity index is 2.60. The van der Waals surface area contributed by atoms with Gasteiger partial charge in [-0.05, 0) is 11.1 Å². The lowest BCUT2D eigenvalue weighted by Gasteiger charge is -2.42. The van der Waals surface area contributed by atoms with Gasteiger partial charge in [0.2, 0.25) is 0 Å². The van der Waals surface area contributed by atoms with E-state index in [4.69, 9.17) is 0 Å². The molecule has 0 saturated carbocycles. The minimum Gasteiger partial charge on any atom is -0.329 e. The van der Waals surface area contributed by atoms with Gasteiger partial charge in [-0.15, -0.1) is 0 Å². The third-order valence-corrected chi connectivity index (χ3v) is 5.65. The zero-order chi connectivity index (χ0) is 31.9. The van der Waals surface area contributed by atoms with E-state index >= 15 is 0 Å². The van der Waals surface area contributed by atoms with Crippen LogP contribution in [-0.2, 0) is 17.9 Å². The van der Waals surface area contributed by atoms with Crippen LogP contribution in [0.25, 0.3) is 0 Å². The summed E-state index contributed by atoms with van der Waals surface area (Å²) in [6, 6.07) is 12.1. The van der Waals surface area contributed by atoms with Gasteiger partial charge < -0.3 is 4.90 Å². The third-order valence-electron chi connectivity index (χ3n) is 5.65. The van der Waals surface area contributed by atoms with E-state index in [1.165, 1.54) is 36.4 Å². The quantitative estimate of drug-likeness (QED) is 0.220. The molecule has 0 bridgehead atoms. The number of rotatable bonds is 12. The Morgan fingerprint density at radius 1 is 0.537 bits per heavy atom. The van der Waals surface area contributed by atoms with Crippen molar-refractivity contribution in [1.82, 2.24) is 4.90 Å². The number of carbonyl (C=O) groups excluding carboxylic acids is 1. The van der Waals surface area contributed by atoms with Gasteiger partial charge in [0.25, 0.3) is 0 Å². The van der Waals surface area contributed by atoms with Gasteiger partial charge >= 0.3 is 53.8 Å². The minimum atomic E-state index is -8.57. The zero-order valence-corrected chi connectivity index (χ0v) is 19.7. The van der Waals surface area contributed by atoms with Crippen LogP contribution >= 0.6 is 0 Å². The molecule has 1 amide bonds. The molecule has 0 spiro atoms. The predicted octanol–water partition coefficient (Wildman–Crippen LogP) is 7.93. The van der Waals surface area contributed by atoms with Gasteiger partial charge in [-0.3, -0.25) is 4.79 Å². The van der Waals surface area contributed by atoms with Crippen molar-refractivity contribution < 1.29 is 75.0 Å². The average molecular weight is 625 g/mol. The monoisotopic (exact) mass is 625 g/mol. The second kappa shape index (κ2) is 10.9. The molecule has 230 valence electrons. The second-order valence-electron chi connectivity index (χ2n) is 8.50. The van der Waals surface area contributed by atoms with E-state index in [9.17, 15) is 75.0 Å². The fourth-order valence-electron chi connectivity index (χ4n) is 3.28. The van der Waals surface area contributed by atoms with Crippen LogP contribution in [0.15, 0.2) is 60.7 Å². The largest absolute Gasteiger partial charge is 0.393 e. The molecule has 0 radical (unpaired) electrons. The molecule has 0 aliphatic carbocycles. The maximum Gasteiger partial charge on any atom is 0.393 e. The van der Waals surface area contributed by atoms with Crippen LogP contribution in [0, 0.1) is 0 Å². The summed E-state index contributed by atoms with van der Waals surface area (Å²) < 4.78 is 219. The van der Waals surface area contributed by atoms with Gasteiger partial charge in [0.05, 0.1) is 0 Å². The fourth-order valence-corrected chi connectivity index (χ4v) is 3.28. The van der Waals surface area contributed by atoms with Crippen LogP contribution in [-0.4, -0.2) is 58.7 Å². The summed E-state index contributed by atoms with van der Waals surface area (Å²) in [7, 11) is 0. The summed E-state index contributed by atoms with van der Waals surface area (Å²) in [4.78, 5) is 12.2. The maximum absolute atomic E-state index is 14.7. The molecule has 2 rings (SSSR count). The number of amides is 1. The molecule has 0 saturated heterocycles. The zero-order valence-electron chi connectivity index (χ0n) is 19.7. The van der Waals surface area contributed by atoms with Crippen LogP contribution in [0.2, 0.25) is 0 Å². The molecular formula is C23H15F16NO. The maximum atomic E-state index is 14.7. The van der Waals surface area contributed by atoms with Gasteiger partial charge in [-0.2, -0.15) is 61.5 Å². The molecule has 0 aliphatic rings. The molecule has 2 nitrogen and oxygen atoms in total. The Labute approximate surface area is 219 Å². The first-order valence-corrected chi connectivity index (χ1v) is 10.7. The summed E-state index contributed by atoms with van der Waals surface area (Å²) in [6.45, 7) is -2.20. The van der Waals surface area contributed by atoms with Crippen molar-refractivity contribution in [1.29, 1.82) is 0 Å². The van der Waals surface area contributed by atoms with Gasteiger partial charge in [0, 0.05) is 13.1 Å². The van der Waals surface area contributed by atoms with Crippen molar-refractivity contribution in [3.05, 3.63) is 71.8 Å². The first-order chi connectivity index (χ1) is 18.4. The van der Waals surface area contributed by atoms with E-state index in [0.29, 0.717) is 0 Å². The van der Waals surface area contributed by atoms with Gasteiger partial charge in [-0.25, -0.2) is 8.78 Å². The van der Waals surface area contributed by atoms with Crippen molar-refractivity contribution in [2.24, 2.45) is 0 Å². The lowest BCUT2D eigenvalue weighted by atomic mass is 9.89. The Morgan fingerprint density at radius 3 is 1.20 bits per heavy atom. The molecule has 2 aromatic carbocycles. The first-order valence-electron chi connectivity index (χ1n) is 10.7. The van der Waals surface area contributed by atoms with Crippen molar-refractivity contribution >= 4 is 5.91 Å². The molecule has 0 aromatic heterocycles. The summed E-state index contributed by atoms with van der Waals surface area (Å²) in [5.74, 6) is -59.7. The normalized spacial score (nSPS) is 14.4. The topological polar surface area (TPSA) is 20.3 Å². The number of alkyl halides is 16. The molecule has 0 heterocycles. The highest BCUT2D eigenvalue weighted by atomic mass is 19.4. The Bertz CT molecular complexity index is 1140. The highest BCUT2D eigenvalue weighted by Gasteiger charge is 2.94. The predicted molar refractivity (Wildman–Crippen MR) is 108 cm³/mol. The van der Waals surface area contributed by atoms with E-state index in [1.54, 1.807) is 0 Å². The lowest BCUT2D eigenvalue weighted by Crippen LogP contribution is -2.74. The van der Waals surface area contributed by atoms with Crippen LogP contribution in [0.3, 0.4) is 0 Å². The molecule has 0 aliphatic heterocycles. The smallest absolute Gasteiger partial charge is 0.329 e. The Hall–Kier alpha value is -3.21. The summed E-state index contributed by atoms with van der Waals surface area (Å²) in [5.41, 5.74) is -0.262. The molecule has 0 atom stereocenters. The van der Waals surface area contributed by atoms with Crippen LogP contribution < -0.4 is 0 Å². The van der Waals surface area contributed by atoms with Crippen LogP contribution in [0.4, 0.5) is 70.2 Å². The summed E-state index contributed by atoms with van der Waals surface area (Å²) >= 11 is 0. The molecular weight excluding hydrogens is 610 g/mol. The van der Waals surface area contributed by atoms with E-state index in [1.807, 2.05) is 0 Å². The number of carbonyl (C=O) groups is 1. The van der Waals surface area contributed by atoms with Crippen LogP contribution in [0.1, 0.15) is 11.1 Å². The Kier molecular flexibility index (Phi) is 9.03. The summed E-state index contributed by atoms with van der Waals surface area (Å²) in [6.07, 6.45) is -5.93. The van der Waals surface area contributed by atoms with Gasteiger partial charge in [-0.1, -0.05) is 60.7 Å². The van der Waals surface area contributed by atoms with Gasteiger partial charge in [0.1, 0.15) is 0 Å². The SMILES string of the molecule is O=C(N(Cc1ccccc1)Cc1ccccc1)C(F)(F)C(F)(F)C(F)(F)C(F)(F)C(F)(F)C(F)(F)C(F)(F)C(F)F. The number of halogens is 16. The van der Waals surface area contributed by atoms with E-state index in [0.717, 1.165) is 24.3 Å². The lowest BCUT2D eigenvalue weighted by molar-refractivity contribution is -0.444. The fraction of sp³-hybridized carbons (Fsp3) is 0.435. The standard InChI is InChI=1S/C23H15F16NO/c24-15(25)17(26,27)19(30,31)21(34,35)23(38,39)22(36,37)20(32,33)18(28,29)16(41)40(11-13-7-3-1-4-8-13)12-14-9-5-2-6-10-14/h1-10,15H,11-12H2. The second-order valence-corrected chi connectivity index (χ2v) is 8.50. The van der Waals surface area contributed by atoms with E-state index in [2.05, 4.69) is 0 Å². The van der Waals surface area contributed by atoms with Crippen molar-refractivity contribution in [3.63, 3.8) is 0 Å². The third kappa shape index (κ3) is 5.40. The van der Waals surface area contributed by atoms with Crippen molar-refractivity contribution in [2.75, 3.05) is 0 Å². The number of benzene rings is 2. The molecule has 2 aromatic rings. The van der Waals surface area contributed by atoms with Crippen LogP contribution in [0.5, 0.6) is 0 Å².